The number of aromatic hydroxyl groups is 1. The molecule has 0 spiro atoms. The third-order valence-corrected chi connectivity index (χ3v) is 3.77. The predicted molar refractivity (Wildman–Crippen MR) is 76.9 cm³/mol. The molecule has 0 saturated heterocycles. The number of pyridine rings is 1. The molecule has 0 radical (unpaired) electrons. The second kappa shape index (κ2) is 6.04. The summed E-state index contributed by atoms with van der Waals surface area (Å²) in [5, 5.41) is 11.4. The zero-order valence-corrected chi connectivity index (χ0v) is 11.9. The Labute approximate surface area is 120 Å². The number of carbonyl (C=O) groups is 1. The highest BCUT2D eigenvalue weighted by molar-refractivity contribution is 7.10. The van der Waals surface area contributed by atoms with Crippen LogP contribution in [0.25, 0.3) is 0 Å². The molecule has 0 bridgehead atoms. The molecule has 2 heterocycles. The van der Waals surface area contributed by atoms with Gasteiger partial charge >= 0.3 is 0 Å². The lowest BCUT2D eigenvalue weighted by Crippen LogP contribution is -2.31. The molecule has 0 saturated carbocycles. The fraction of sp³-hybridized carbons (Fsp3) is 0.231. The van der Waals surface area contributed by atoms with E-state index in [1.807, 2.05) is 19.1 Å². The van der Waals surface area contributed by atoms with Crippen LogP contribution in [-0.2, 0) is 11.3 Å². The highest BCUT2D eigenvalue weighted by Crippen LogP contribution is 2.27. The molecule has 6 heteroatoms. The van der Waals surface area contributed by atoms with Crippen LogP contribution in [0, 0.1) is 6.92 Å². The van der Waals surface area contributed by atoms with Crippen LogP contribution < -0.4 is 4.90 Å². The van der Waals surface area contributed by atoms with E-state index in [1.54, 1.807) is 17.6 Å². The molecule has 0 fully saturated rings. The normalized spacial score (nSPS) is 10.4. The Hall–Kier alpha value is -1.59. The summed E-state index contributed by atoms with van der Waals surface area (Å²) in [7, 11) is 0. The third-order valence-electron chi connectivity index (χ3n) is 2.65. The molecular formula is C13H13ClN2O2S. The van der Waals surface area contributed by atoms with E-state index in [0.717, 1.165) is 10.6 Å². The first-order valence-corrected chi connectivity index (χ1v) is 7.07. The lowest BCUT2D eigenvalue weighted by Gasteiger charge is -2.21. The molecule has 2 aromatic heterocycles. The minimum absolute atomic E-state index is 0.111. The van der Waals surface area contributed by atoms with Gasteiger partial charge < -0.3 is 10.0 Å². The largest absolute Gasteiger partial charge is 0.507 e. The number of anilines is 1. The van der Waals surface area contributed by atoms with Crippen molar-refractivity contribution >= 4 is 34.5 Å². The van der Waals surface area contributed by atoms with E-state index in [0.29, 0.717) is 12.2 Å². The van der Waals surface area contributed by atoms with E-state index < -0.39 is 0 Å². The van der Waals surface area contributed by atoms with Gasteiger partial charge in [0, 0.05) is 5.69 Å². The van der Waals surface area contributed by atoms with Gasteiger partial charge in [-0.05, 0) is 30.5 Å². The fourth-order valence-corrected chi connectivity index (χ4v) is 2.51. The van der Waals surface area contributed by atoms with E-state index in [1.165, 1.54) is 16.2 Å². The number of hydrogen-bond donors (Lipinski definition) is 1. The number of amides is 1. The molecule has 1 amide bonds. The number of halogens is 1. The molecule has 0 atom stereocenters. The maximum atomic E-state index is 11.9. The Morgan fingerprint density at radius 3 is 2.79 bits per heavy atom. The van der Waals surface area contributed by atoms with Crippen molar-refractivity contribution in [1.29, 1.82) is 0 Å². The molecule has 0 aliphatic carbocycles. The number of hydrogen-bond acceptors (Lipinski definition) is 4. The molecule has 0 aliphatic heterocycles. The Kier molecular flexibility index (Phi) is 4.39. The molecule has 2 rings (SSSR count). The second-order valence-corrected chi connectivity index (χ2v) is 5.27. The summed E-state index contributed by atoms with van der Waals surface area (Å²) in [4.78, 5) is 18.3. The lowest BCUT2D eigenvalue weighted by atomic mass is 10.3. The molecule has 0 aromatic carbocycles. The molecular weight excluding hydrogens is 284 g/mol. The number of aryl methyl sites for hydroxylation is 1. The zero-order chi connectivity index (χ0) is 13.8. The predicted octanol–water partition coefficient (Wildman–Crippen LogP) is 2.93. The Morgan fingerprint density at radius 2 is 2.26 bits per heavy atom. The molecule has 100 valence electrons. The number of carbonyl (C=O) groups excluding carboxylic acids is 1. The van der Waals surface area contributed by atoms with Gasteiger partial charge in [-0.1, -0.05) is 0 Å². The van der Waals surface area contributed by atoms with Crippen LogP contribution in [-0.4, -0.2) is 21.9 Å². The number of rotatable bonds is 4. The van der Waals surface area contributed by atoms with Gasteiger partial charge in [-0.15, -0.1) is 22.9 Å². The van der Waals surface area contributed by atoms with Crippen LogP contribution in [0.1, 0.15) is 10.6 Å². The highest BCUT2D eigenvalue weighted by atomic mass is 35.5. The summed E-state index contributed by atoms with van der Waals surface area (Å²) in [5.74, 6) is -0.141. The van der Waals surface area contributed by atoms with Crippen molar-refractivity contribution in [2.24, 2.45) is 0 Å². The smallest absolute Gasteiger partial charge is 0.242 e. The summed E-state index contributed by atoms with van der Waals surface area (Å²) in [6.07, 6.45) is 1.63. The van der Waals surface area contributed by atoms with Crippen molar-refractivity contribution in [3.8, 4) is 5.75 Å². The van der Waals surface area contributed by atoms with E-state index in [2.05, 4.69) is 4.98 Å². The van der Waals surface area contributed by atoms with Gasteiger partial charge in [0.25, 0.3) is 0 Å². The van der Waals surface area contributed by atoms with Gasteiger partial charge in [-0.25, -0.2) is 0 Å². The summed E-state index contributed by atoms with van der Waals surface area (Å²) >= 11 is 7.03. The first-order valence-electron chi connectivity index (χ1n) is 5.66. The van der Waals surface area contributed by atoms with Crippen molar-refractivity contribution < 1.29 is 9.90 Å². The van der Waals surface area contributed by atoms with Crippen LogP contribution in [0.5, 0.6) is 5.75 Å². The van der Waals surface area contributed by atoms with Crippen LogP contribution in [0.2, 0.25) is 0 Å². The van der Waals surface area contributed by atoms with Crippen molar-refractivity contribution in [3.05, 3.63) is 40.3 Å². The number of nitrogens with zero attached hydrogens (tertiary/aromatic N) is 2. The maximum Gasteiger partial charge on any atom is 0.242 e. The van der Waals surface area contributed by atoms with Gasteiger partial charge in [-0.3, -0.25) is 9.78 Å². The number of aromatic nitrogens is 1. The standard InChI is InChI=1S/C13H13ClN2O2S/c1-9-2-3-10(7-15-9)16(13(18)6-14)8-12-11(17)4-5-19-12/h2-5,7,17H,6,8H2,1H3. The van der Waals surface area contributed by atoms with Crippen molar-refractivity contribution in [1.82, 2.24) is 4.98 Å². The SMILES string of the molecule is Cc1ccc(N(Cc2sccc2O)C(=O)CCl)cn1. The van der Waals surface area contributed by atoms with Gasteiger partial charge in [0.15, 0.2) is 0 Å². The van der Waals surface area contributed by atoms with Gasteiger partial charge in [-0.2, -0.15) is 0 Å². The second-order valence-electron chi connectivity index (χ2n) is 4.00. The molecule has 2 aromatic rings. The Bertz CT molecular complexity index is 568. The van der Waals surface area contributed by atoms with Crippen LogP contribution in [0.15, 0.2) is 29.8 Å². The third kappa shape index (κ3) is 3.24. The highest BCUT2D eigenvalue weighted by Gasteiger charge is 2.17. The van der Waals surface area contributed by atoms with Crippen LogP contribution in [0.3, 0.4) is 0 Å². The summed E-state index contributed by atoms with van der Waals surface area (Å²) in [6.45, 7) is 2.17. The summed E-state index contributed by atoms with van der Waals surface area (Å²) < 4.78 is 0. The number of alkyl halides is 1. The van der Waals surface area contributed by atoms with E-state index in [4.69, 9.17) is 11.6 Å². The van der Waals surface area contributed by atoms with E-state index in [-0.39, 0.29) is 17.5 Å². The first kappa shape index (κ1) is 13.8. The molecule has 1 N–H and O–H groups in total. The Morgan fingerprint density at radius 1 is 1.47 bits per heavy atom. The summed E-state index contributed by atoms with van der Waals surface area (Å²) in [6, 6.07) is 5.26. The fourth-order valence-electron chi connectivity index (χ4n) is 1.61. The molecule has 19 heavy (non-hydrogen) atoms. The van der Waals surface area contributed by atoms with Crippen LogP contribution >= 0.6 is 22.9 Å². The lowest BCUT2D eigenvalue weighted by molar-refractivity contribution is -0.116. The average molecular weight is 297 g/mol. The molecule has 0 unspecified atom stereocenters. The minimum atomic E-state index is -0.222. The summed E-state index contributed by atoms with van der Waals surface area (Å²) in [5.41, 5.74) is 1.55. The molecule has 4 nitrogen and oxygen atoms in total. The van der Waals surface area contributed by atoms with Crippen molar-refractivity contribution in [3.63, 3.8) is 0 Å². The molecule has 0 aliphatic rings. The van der Waals surface area contributed by atoms with Crippen molar-refractivity contribution in [2.45, 2.75) is 13.5 Å². The number of thiophene rings is 1. The van der Waals surface area contributed by atoms with E-state index >= 15 is 0 Å². The van der Waals surface area contributed by atoms with Gasteiger partial charge in [0.1, 0.15) is 11.6 Å². The average Bonchev–Trinajstić information content (AvgIpc) is 2.82. The van der Waals surface area contributed by atoms with Crippen LogP contribution in [0.4, 0.5) is 5.69 Å². The quantitative estimate of drug-likeness (QED) is 0.883. The van der Waals surface area contributed by atoms with Crippen molar-refractivity contribution in [2.75, 3.05) is 10.8 Å². The van der Waals surface area contributed by atoms with Gasteiger partial charge in [0.05, 0.1) is 23.3 Å². The monoisotopic (exact) mass is 296 g/mol. The van der Waals surface area contributed by atoms with E-state index in [9.17, 15) is 9.90 Å². The maximum absolute atomic E-state index is 11.9. The first-order chi connectivity index (χ1) is 9.11. The topological polar surface area (TPSA) is 53.4 Å². The van der Waals surface area contributed by atoms with Gasteiger partial charge in [0.2, 0.25) is 5.91 Å². The zero-order valence-electron chi connectivity index (χ0n) is 10.3. The minimum Gasteiger partial charge on any atom is -0.507 e. The Balaban J connectivity index is 2.28.